The molecular weight excluding hydrogens is 150 g/mol. The van der Waals surface area contributed by atoms with Gasteiger partial charge in [0, 0.05) is 0 Å². The fourth-order valence-electron chi connectivity index (χ4n) is 0.617. The van der Waals surface area contributed by atoms with Crippen molar-refractivity contribution in [3.05, 3.63) is 0 Å². The summed E-state index contributed by atoms with van der Waals surface area (Å²) >= 11 is 0. The fraction of sp³-hybridized carbons (Fsp3) is 0.667. The van der Waals surface area contributed by atoms with Gasteiger partial charge in [-0.25, -0.2) is 0 Å². The lowest BCUT2D eigenvalue weighted by atomic mass is 10.2. The maximum atomic E-state index is 10.3. The van der Waals surface area contributed by atoms with Crippen LogP contribution in [0, 0.1) is 0 Å². The van der Waals surface area contributed by atoms with Gasteiger partial charge < -0.3 is 10.2 Å². The van der Waals surface area contributed by atoms with E-state index >= 15 is 0 Å². The quantitative estimate of drug-likeness (QED) is 0.507. The molecule has 0 aromatic rings. The molecule has 64 valence electrons. The Hall–Kier alpha value is -1.10. The maximum absolute atomic E-state index is 10.3. The molecule has 5 heteroatoms. The molecule has 0 saturated carbocycles. The summed E-state index contributed by atoms with van der Waals surface area (Å²) in [6.07, 6.45) is 0.378. The summed E-state index contributed by atoms with van der Waals surface area (Å²) in [7, 11) is 0. The Labute approximate surface area is 64.0 Å². The molecule has 0 aliphatic heterocycles. The highest BCUT2D eigenvalue weighted by molar-refractivity contribution is 5.75. The molecule has 0 aromatic carbocycles. The third-order valence-electron chi connectivity index (χ3n) is 1.21. The summed E-state index contributed by atoms with van der Waals surface area (Å²) in [5.41, 5.74) is 0. The largest absolute Gasteiger partial charge is 0.480 e. The van der Waals surface area contributed by atoms with Gasteiger partial charge in [-0.2, -0.15) is 0 Å². The van der Waals surface area contributed by atoms with Crippen molar-refractivity contribution in [3.63, 3.8) is 0 Å². The van der Waals surface area contributed by atoms with Crippen LogP contribution in [0.25, 0.3) is 0 Å². The number of hydrogen-bond donors (Lipinski definition) is 3. The molecule has 0 unspecified atom stereocenters. The van der Waals surface area contributed by atoms with Crippen LogP contribution >= 0.6 is 0 Å². The summed E-state index contributed by atoms with van der Waals surface area (Å²) in [6, 6.07) is -0.758. The predicted molar refractivity (Wildman–Crippen MR) is 37.4 cm³/mol. The molecule has 0 radical (unpaired) electrons. The highest BCUT2D eigenvalue weighted by Gasteiger charge is 2.14. The number of rotatable bonds is 5. The average Bonchev–Trinajstić information content (AvgIpc) is 1.87. The lowest BCUT2D eigenvalue weighted by Crippen LogP contribution is -2.39. The molecule has 0 spiro atoms. The zero-order valence-corrected chi connectivity index (χ0v) is 6.20. The molecule has 0 rings (SSSR count). The Bertz CT molecular complexity index is 157. The van der Waals surface area contributed by atoms with Crippen molar-refractivity contribution in [1.82, 2.24) is 5.32 Å². The molecule has 1 atom stereocenters. The first kappa shape index (κ1) is 9.90. The van der Waals surface area contributed by atoms with E-state index in [9.17, 15) is 9.59 Å². The van der Waals surface area contributed by atoms with Gasteiger partial charge in [0.2, 0.25) is 0 Å². The molecule has 0 bridgehead atoms. The van der Waals surface area contributed by atoms with Crippen LogP contribution in [-0.4, -0.2) is 34.7 Å². The van der Waals surface area contributed by atoms with Crippen LogP contribution in [0.1, 0.15) is 13.3 Å². The van der Waals surface area contributed by atoms with E-state index in [2.05, 4.69) is 5.32 Å². The summed E-state index contributed by atoms with van der Waals surface area (Å²) in [6.45, 7) is 1.36. The molecule has 0 aliphatic carbocycles. The third-order valence-corrected chi connectivity index (χ3v) is 1.21. The van der Waals surface area contributed by atoms with Crippen LogP contribution < -0.4 is 5.32 Å². The molecule has 3 N–H and O–H groups in total. The van der Waals surface area contributed by atoms with E-state index in [0.717, 1.165) is 0 Å². The maximum Gasteiger partial charge on any atom is 0.320 e. The molecular formula is C6H11NO4. The Morgan fingerprint density at radius 2 is 2.00 bits per heavy atom. The zero-order chi connectivity index (χ0) is 8.85. The van der Waals surface area contributed by atoms with Gasteiger partial charge in [0.15, 0.2) is 0 Å². The van der Waals surface area contributed by atoms with E-state index in [0.29, 0.717) is 6.42 Å². The van der Waals surface area contributed by atoms with Crippen molar-refractivity contribution in [3.8, 4) is 0 Å². The lowest BCUT2D eigenvalue weighted by molar-refractivity contribution is -0.140. The van der Waals surface area contributed by atoms with E-state index in [4.69, 9.17) is 10.2 Å². The van der Waals surface area contributed by atoms with Crippen molar-refractivity contribution in [2.75, 3.05) is 6.54 Å². The van der Waals surface area contributed by atoms with Crippen molar-refractivity contribution in [2.45, 2.75) is 19.4 Å². The highest BCUT2D eigenvalue weighted by Crippen LogP contribution is 1.88. The van der Waals surface area contributed by atoms with Gasteiger partial charge in [-0.05, 0) is 6.42 Å². The standard InChI is InChI=1S/C6H11NO4/c1-2-4(6(10)11)7-3-5(8)9/h4,7H,2-3H2,1H3,(H,8,9)(H,10,11)/t4-/m0/s1. The minimum Gasteiger partial charge on any atom is -0.480 e. The summed E-state index contributed by atoms with van der Waals surface area (Å²) in [5.74, 6) is -2.07. The topological polar surface area (TPSA) is 86.6 Å². The van der Waals surface area contributed by atoms with Gasteiger partial charge in [0.05, 0.1) is 6.54 Å². The van der Waals surface area contributed by atoms with Gasteiger partial charge in [-0.15, -0.1) is 0 Å². The summed E-state index contributed by atoms with van der Waals surface area (Å²) < 4.78 is 0. The second kappa shape index (κ2) is 4.68. The van der Waals surface area contributed by atoms with Crippen LogP contribution in [0.3, 0.4) is 0 Å². The average molecular weight is 161 g/mol. The SMILES string of the molecule is CC[C@H](NCC(=O)O)C(=O)O. The Morgan fingerprint density at radius 3 is 2.27 bits per heavy atom. The first-order valence-electron chi connectivity index (χ1n) is 3.26. The molecule has 0 heterocycles. The second-order valence-electron chi connectivity index (χ2n) is 2.07. The Balaban J connectivity index is 3.70. The smallest absolute Gasteiger partial charge is 0.320 e. The molecule has 0 aromatic heterocycles. The van der Waals surface area contributed by atoms with E-state index < -0.39 is 18.0 Å². The first-order valence-corrected chi connectivity index (χ1v) is 3.26. The van der Waals surface area contributed by atoms with Gasteiger partial charge in [-0.1, -0.05) is 6.92 Å². The molecule has 0 fully saturated rings. The van der Waals surface area contributed by atoms with E-state index in [1.165, 1.54) is 0 Å². The van der Waals surface area contributed by atoms with Crippen LogP contribution in [0.5, 0.6) is 0 Å². The summed E-state index contributed by atoms with van der Waals surface area (Å²) in [4.78, 5) is 20.3. The minimum atomic E-state index is -1.05. The second-order valence-corrected chi connectivity index (χ2v) is 2.07. The molecule has 0 amide bonds. The van der Waals surface area contributed by atoms with Crippen molar-refractivity contribution < 1.29 is 19.8 Å². The summed E-state index contributed by atoms with van der Waals surface area (Å²) in [5, 5.41) is 19.0. The normalized spacial score (nSPS) is 12.5. The number of aliphatic carboxylic acids is 2. The molecule has 11 heavy (non-hydrogen) atoms. The van der Waals surface area contributed by atoms with Crippen molar-refractivity contribution >= 4 is 11.9 Å². The zero-order valence-electron chi connectivity index (χ0n) is 6.20. The van der Waals surface area contributed by atoms with Gasteiger partial charge in [-0.3, -0.25) is 14.9 Å². The first-order chi connectivity index (χ1) is 5.07. The molecule has 0 saturated heterocycles. The number of hydrogen-bond acceptors (Lipinski definition) is 3. The highest BCUT2D eigenvalue weighted by atomic mass is 16.4. The van der Waals surface area contributed by atoms with E-state index in [1.54, 1.807) is 6.92 Å². The molecule has 0 aliphatic rings. The van der Waals surface area contributed by atoms with Crippen LogP contribution in [0.2, 0.25) is 0 Å². The van der Waals surface area contributed by atoms with Gasteiger partial charge in [0.25, 0.3) is 0 Å². The number of carboxylic acids is 2. The predicted octanol–water partition coefficient (Wildman–Crippen LogP) is -0.476. The van der Waals surface area contributed by atoms with Gasteiger partial charge in [0.1, 0.15) is 6.04 Å². The Morgan fingerprint density at radius 1 is 1.45 bits per heavy atom. The van der Waals surface area contributed by atoms with E-state index in [1.807, 2.05) is 0 Å². The molecule has 5 nitrogen and oxygen atoms in total. The van der Waals surface area contributed by atoms with Crippen LogP contribution in [0.4, 0.5) is 0 Å². The van der Waals surface area contributed by atoms with E-state index in [-0.39, 0.29) is 6.54 Å². The minimum absolute atomic E-state index is 0.315. The van der Waals surface area contributed by atoms with Crippen molar-refractivity contribution in [1.29, 1.82) is 0 Å². The number of nitrogens with one attached hydrogen (secondary N) is 1. The monoisotopic (exact) mass is 161 g/mol. The van der Waals surface area contributed by atoms with Gasteiger partial charge >= 0.3 is 11.9 Å². The number of carbonyl (C=O) groups is 2. The Kier molecular flexibility index (Phi) is 4.21. The number of carboxylic acid groups (broad SMARTS) is 2. The van der Waals surface area contributed by atoms with Crippen molar-refractivity contribution in [2.24, 2.45) is 0 Å². The van der Waals surface area contributed by atoms with Crippen LogP contribution in [0.15, 0.2) is 0 Å². The fourth-order valence-corrected chi connectivity index (χ4v) is 0.617. The van der Waals surface area contributed by atoms with Crippen LogP contribution in [-0.2, 0) is 9.59 Å². The lowest BCUT2D eigenvalue weighted by Gasteiger charge is -2.08. The third kappa shape index (κ3) is 4.32.